The summed E-state index contributed by atoms with van der Waals surface area (Å²) in [6.07, 6.45) is 5.50. The summed E-state index contributed by atoms with van der Waals surface area (Å²) in [7, 11) is 0. The van der Waals surface area contributed by atoms with Crippen molar-refractivity contribution in [1.82, 2.24) is 0 Å². The highest BCUT2D eigenvalue weighted by molar-refractivity contribution is 5.14. The molecule has 1 saturated carbocycles. The van der Waals surface area contributed by atoms with E-state index in [0.717, 1.165) is 11.8 Å². The van der Waals surface area contributed by atoms with E-state index in [1.165, 1.54) is 25.7 Å². The predicted molar refractivity (Wildman–Crippen MR) is 69.0 cm³/mol. The molecule has 1 rings (SSSR count). The Morgan fingerprint density at radius 2 is 1.33 bits per heavy atom. The van der Waals surface area contributed by atoms with Gasteiger partial charge < -0.3 is 0 Å². The highest BCUT2D eigenvalue weighted by Crippen LogP contribution is 2.49. The largest absolute Gasteiger partial charge is 0.0772 e. The second-order valence-corrected chi connectivity index (χ2v) is 6.15. The normalized spacial score (nSPS) is 21.2. The minimum absolute atomic E-state index is 0.610. The molecule has 1 fully saturated rings. The zero-order chi connectivity index (χ0) is 11.6. The van der Waals surface area contributed by atoms with E-state index in [4.69, 9.17) is 0 Å². The topological polar surface area (TPSA) is 0 Å². The molecule has 88 valence electrons. The molecule has 0 bridgehead atoms. The SMILES string of the molecule is CC(C)=C1CCC(C(C)C)(C(C)C)CC1. The molecule has 0 aliphatic heterocycles. The van der Waals surface area contributed by atoms with Crippen LogP contribution in [0.25, 0.3) is 0 Å². The van der Waals surface area contributed by atoms with Gasteiger partial charge in [0.1, 0.15) is 0 Å². The van der Waals surface area contributed by atoms with Crippen molar-refractivity contribution in [3.05, 3.63) is 11.1 Å². The number of allylic oxidation sites excluding steroid dienone is 2. The van der Waals surface area contributed by atoms with Crippen molar-refractivity contribution < 1.29 is 0 Å². The van der Waals surface area contributed by atoms with Crippen LogP contribution in [0.1, 0.15) is 67.2 Å². The van der Waals surface area contributed by atoms with Crippen LogP contribution in [0.15, 0.2) is 11.1 Å². The second kappa shape index (κ2) is 4.72. The summed E-state index contributed by atoms with van der Waals surface area (Å²) in [5, 5.41) is 0. The van der Waals surface area contributed by atoms with Crippen molar-refractivity contribution >= 4 is 0 Å². The third-order valence-corrected chi connectivity index (χ3v) is 4.79. The van der Waals surface area contributed by atoms with Crippen LogP contribution in [0.5, 0.6) is 0 Å². The van der Waals surface area contributed by atoms with E-state index in [2.05, 4.69) is 41.5 Å². The molecule has 1 aliphatic rings. The smallest absolute Gasteiger partial charge is 0.0245 e. The average molecular weight is 208 g/mol. The number of rotatable bonds is 2. The molecule has 0 unspecified atom stereocenters. The van der Waals surface area contributed by atoms with Crippen molar-refractivity contribution in [2.75, 3.05) is 0 Å². The van der Waals surface area contributed by atoms with Gasteiger partial charge in [0.15, 0.2) is 0 Å². The van der Waals surface area contributed by atoms with E-state index >= 15 is 0 Å². The van der Waals surface area contributed by atoms with E-state index in [0.29, 0.717) is 5.41 Å². The van der Waals surface area contributed by atoms with Crippen molar-refractivity contribution in [2.24, 2.45) is 17.3 Å². The maximum Gasteiger partial charge on any atom is -0.0245 e. The zero-order valence-corrected chi connectivity index (χ0v) is 11.5. The lowest BCUT2D eigenvalue weighted by Gasteiger charge is -2.45. The van der Waals surface area contributed by atoms with Gasteiger partial charge >= 0.3 is 0 Å². The Hall–Kier alpha value is -0.260. The molecule has 0 amide bonds. The summed E-state index contributed by atoms with van der Waals surface area (Å²) >= 11 is 0. The van der Waals surface area contributed by atoms with E-state index in [9.17, 15) is 0 Å². The summed E-state index contributed by atoms with van der Waals surface area (Å²) < 4.78 is 0. The van der Waals surface area contributed by atoms with Gasteiger partial charge in [-0.3, -0.25) is 0 Å². The Bertz CT molecular complexity index is 219. The van der Waals surface area contributed by atoms with Gasteiger partial charge in [0, 0.05) is 0 Å². The number of hydrogen-bond donors (Lipinski definition) is 0. The minimum Gasteiger partial charge on any atom is -0.0772 e. The molecule has 0 nitrogen and oxygen atoms in total. The molecule has 0 heterocycles. The molecule has 0 N–H and O–H groups in total. The van der Waals surface area contributed by atoms with Gasteiger partial charge in [0.05, 0.1) is 0 Å². The van der Waals surface area contributed by atoms with Crippen LogP contribution in [0.2, 0.25) is 0 Å². The lowest BCUT2D eigenvalue weighted by molar-refractivity contribution is 0.0724. The summed E-state index contributed by atoms with van der Waals surface area (Å²) in [5.74, 6) is 1.66. The van der Waals surface area contributed by atoms with E-state index < -0.39 is 0 Å². The highest BCUT2D eigenvalue weighted by atomic mass is 14.4. The van der Waals surface area contributed by atoms with Crippen molar-refractivity contribution in [3.8, 4) is 0 Å². The standard InChI is InChI=1S/C15H28/c1-11(2)14-7-9-15(10-8-14,12(3)4)13(5)6/h12-13H,7-10H2,1-6H3. The molecule has 0 heteroatoms. The second-order valence-electron chi connectivity index (χ2n) is 6.15. The van der Waals surface area contributed by atoms with E-state index in [1.807, 2.05) is 0 Å². The molecular formula is C15H28. The van der Waals surface area contributed by atoms with Gasteiger partial charge in [-0.2, -0.15) is 0 Å². The zero-order valence-electron chi connectivity index (χ0n) is 11.5. The van der Waals surface area contributed by atoms with Crippen LogP contribution in [0.4, 0.5) is 0 Å². The average Bonchev–Trinajstić information content (AvgIpc) is 2.17. The molecule has 15 heavy (non-hydrogen) atoms. The van der Waals surface area contributed by atoms with Crippen molar-refractivity contribution in [2.45, 2.75) is 67.2 Å². The van der Waals surface area contributed by atoms with Crippen LogP contribution in [-0.2, 0) is 0 Å². The summed E-state index contributed by atoms with van der Waals surface area (Å²) in [6.45, 7) is 14.2. The summed E-state index contributed by atoms with van der Waals surface area (Å²) in [4.78, 5) is 0. The quantitative estimate of drug-likeness (QED) is 0.547. The van der Waals surface area contributed by atoms with Crippen LogP contribution < -0.4 is 0 Å². The first-order valence-corrected chi connectivity index (χ1v) is 6.55. The van der Waals surface area contributed by atoms with Crippen LogP contribution >= 0.6 is 0 Å². The fourth-order valence-corrected chi connectivity index (χ4v) is 3.34. The van der Waals surface area contributed by atoms with Gasteiger partial charge in [-0.05, 0) is 56.8 Å². The lowest BCUT2D eigenvalue weighted by Crippen LogP contribution is -2.35. The van der Waals surface area contributed by atoms with Gasteiger partial charge in [0.2, 0.25) is 0 Å². The minimum atomic E-state index is 0.610. The van der Waals surface area contributed by atoms with Crippen molar-refractivity contribution in [1.29, 1.82) is 0 Å². The molecule has 0 saturated heterocycles. The molecule has 0 spiro atoms. The number of hydrogen-bond acceptors (Lipinski definition) is 0. The lowest BCUT2D eigenvalue weighted by atomic mass is 9.60. The molecule has 0 radical (unpaired) electrons. The van der Waals surface area contributed by atoms with E-state index in [-0.39, 0.29) is 0 Å². The first-order valence-electron chi connectivity index (χ1n) is 6.55. The Morgan fingerprint density at radius 3 is 1.60 bits per heavy atom. The molecule has 0 aromatic rings. The Kier molecular flexibility index (Phi) is 4.03. The third kappa shape index (κ3) is 2.46. The predicted octanol–water partition coefficient (Wildman–Crippen LogP) is 5.20. The molecular weight excluding hydrogens is 180 g/mol. The van der Waals surface area contributed by atoms with Crippen LogP contribution in [0, 0.1) is 17.3 Å². The van der Waals surface area contributed by atoms with Crippen LogP contribution in [-0.4, -0.2) is 0 Å². The van der Waals surface area contributed by atoms with Crippen molar-refractivity contribution in [3.63, 3.8) is 0 Å². The van der Waals surface area contributed by atoms with Gasteiger partial charge in [0.25, 0.3) is 0 Å². The first kappa shape index (κ1) is 12.8. The van der Waals surface area contributed by atoms with Gasteiger partial charge in [-0.25, -0.2) is 0 Å². The van der Waals surface area contributed by atoms with Gasteiger partial charge in [-0.1, -0.05) is 38.8 Å². The Labute approximate surface area is 96.2 Å². The molecule has 0 aromatic carbocycles. The highest BCUT2D eigenvalue weighted by Gasteiger charge is 2.38. The van der Waals surface area contributed by atoms with Gasteiger partial charge in [-0.15, -0.1) is 0 Å². The Morgan fingerprint density at radius 1 is 0.933 bits per heavy atom. The summed E-state index contributed by atoms with van der Waals surface area (Å²) in [6, 6.07) is 0. The summed E-state index contributed by atoms with van der Waals surface area (Å²) in [5.41, 5.74) is 3.90. The molecule has 1 aliphatic carbocycles. The molecule has 0 atom stereocenters. The van der Waals surface area contributed by atoms with E-state index in [1.54, 1.807) is 11.1 Å². The first-order chi connectivity index (χ1) is 6.90. The fourth-order valence-electron chi connectivity index (χ4n) is 3.34. The fraction of sp³-hybridized carbons (Fsp3) is 0.867. The van der Waals surface area contributed by atoms with Crippen LogP contribution in [0.3, 0.4) is 0 Å². The maximum absolute atomic E-state index is 2.41. The molecule has 0 aromatic heterocycles. The Balaban J connectivity index is 2.79. The maximum atomic E-state index is 2.41. The third-order valence-electron chi connectivity index (χ3n) is 4.79. The monoisotopic (exact) mass is 208 g/mol.